The quantitative estimate of drug-likeness (QED) is 0.836. The molecule has 0 heterocycles. The Hall–Kier alpha value is -1.26. The van der Waals surface area contributed by atoms with Crippen molar-refractivity contribution in [3.05, 3.63) is 24.3 Å². The number of rotatable bonds is 6. The summed E-state index contributed by atoms with van der Waals surface area (Å²) in [6.07, 6.45) is 4.22. The molecule has 0 saturated heterocycles. The van der Waals surface area contributed by atoms with Crippen LogP contribution in [-0.4, -0.2) is 38.0 Å². The molecule has 1 saturated carbocycles. The van der Waals surface area contributed by atoms with E-state index in [0.29, 0.717) is 5.92 Å². The number of aliphatic hydroxyl groups is 1. The van der Waals surface area contributed by atoms with E-state index in [1.165, 1.54) is 0 Å². The maximum atomic E-state index is 9.49. The minimum absolute atomic E-state index is 0.0978. The zero-order valence-electron chi connectivity index (χ0n) is 12.5. The number of aliphatic hydroxyl groups excluding tert-OH is 1. The van der Waals surface area contributed by atoms with Crippen LogP contribution in [0.1, 0.15) is 25.7 Å². The second-order valence-corrected chi connectivity index (χ2v) is 5.89. The van der Waals surface area contributed by atoms with Gasteiger partial charge in [0, 0.05) is 30.9 Å². The number of hydrogen-bond donors (Lipinski definition) is 2. The molecule has 1 fully saturated rings. The zero-order chi connectivity index (χ0) is 14.6. The van der Waals surface area contributed by atoms with E-state index in [4.69, 9.17) is 10.5 Å². The molecule has 1 aromatic carbocycles. The van der Waals surface area contributed by atoms with Crippen LogP contribution in [0.4, 0.5) is 5.69 Å². The summed E-state index contributed by atoms with van der Waals surface area (Å²) in [5, 5.41) is 9.49. The summed E-state index contributed by atoms with van der Waals surface area (Å²) >= 11 is 0. The molecule has 4 nitrogen and oxygen atoms in total. The van der Waals surface area contributed by atoms with Crippen LogP contribution in [0.15, 0.2) is 24.3 Å². The van der Waals surface area contributed by atoms with Crippen LogP contribution in [0.25, 0.3) is 0 Å². The van der Waals surface area contributed by atoms with Crippen molar-refractivity contribution in [3.63, 3.8) is 0 Å². The average molecular weight is 278 g/mol. The number of benzene rings is 1. The van der Waals surface area contributed by atoms with Crippen LogP contribution >= 0.6 is 0 Å². The van der Waals surface area contributed by atoms with E-state index >= 15 is 0 Å². The van der Waals surface area contributed by atoms with Crippen molar-refractivity contribution in [3.8, 4) is 5.75 Å². The highest BCUT2D eigenvalue weighted by Crippen LogP contribution is 2.36. The molecule has 112 valence electrons. The topological polar surface area (TPSA) is 58.7 Å². The van der Waals surface area contributed by atoms with Gasteiger partial charge < -0.3 is 20.5 Å². The van der Waals surface area contributed by atoms with E-state index in [9.17, 15) is 5.11 Å². The Morgan fingerprint density at radius 1 is 1.50 bits per heavy atom. The molecule has 0 radical (unpaired) electrons. The molecule has 0 aromatic heterocycles. The van der Waals surface area contributed by atoms with Gasteiger partial charge in [0.05, 0.1) is 13.7 Å². The summed E-state index contributed by atoms with van der Waals surface area (Å²) in [4.78, 5) is 2.22. The summed E-state index contributed by atoms with van der Waals surface area (Å²) in [5.41, 5.74) is 7.07. The molecule has 0 aliphatic heterocycles. The predicted octanol–water partition coefficient (Wildman–Crippen LogP) is 2.01. The van der Waals surface area contributed by atoms with Gasteiger partial charge in [0.2, 0.25) is 0 Å². The van der Waals surface area contributed by atoms with Crippen molar-refractivity contribution in [2.75, 3.05) is 32.2 Å². The predicted molar refractivity (Wildman–Crippen MR) is 82.2 cm³/mol. The first kappa shape index (κ1) is 15.1. The van der Waals surface area contributed by atoms with Crippen molar-refractivity contribution in [2.45, 2.75) is 31.2 Å². The molecule has 3 N–H and O–H groups in total. The first-order valence-electron chi connectivity index (χ1n) is 7.34. The van der Waals surface area contributed by atoms with E-state index < -0.39 is 0 Å². The molecule has 20 heavy (non-hydrogen) atoms. The lowest BCUT2D eigenvalue weighted by molar-refractivity contribution is 0.156. The largest absolute Gasteiger partial charge is 0.497 e. The Bertz CT molecular complexity index is 438. The molecular formula is C16H26N2O2. The number of hydrogen-bond acceptors (Lipinski definition) is 4. The molecule has 2 atom stereocenters. The van der Waals surface area contributed by atoms with Gasteiger partial charge in [-0.15, -0.1) is 0 Å². The smallest absolute Gasteiger partial charge is 0.120 e. The lowest BCUT2D eigenvalue weighted by Crippen LogP contribution is -2.47. The van der Waals surface area contributed by atoms with E-state index in [2.05, 4.69) is 18.0 Å². The van der Waals surface area contributed by atoms with Crippen molar-refractivity contribution >= 4 is 5.69 Å². The molecule has 0 amide bonds. The van der Waals surface area contributed by atoms with Gasteiger partial charge in [0.15, 0.2) is 0 Å². The average Bonchev–Trinajstić information content (AvgIpc) is 2.86. The van der Waals surface area contributed by atoms with Gasteiger partial charge >= 0.3 is 0 Å². The fourth-order valence-corrected chi connectivity index (χ4v) is 3.14. The zero-order valence-corrected chi connectivity index (χ0v) is 12.5. The van der Waals surface area contributed by atoms with Gasteiger partial charge in [-0.1, -0.05) is 12.5 Å². The van der Waals surface area contributed by atoms with E-state index in [1.807, 2.05) is 18.2 Å². The van der Waals surface area contributed by atoms with Crippen LogP contribution in [-0.2, 0) is 0 Å². The van der Waals surface area contributed by atoms with Crippen LogP contribution in [0.5, 0.6) is 5.75 Å². The molecule has 2 rings (SSSR count). The van der Waals surface area contributed by atoms with Gasteiger partial charge in [0.25, 0.3) is 0 Å². The lowest BCUT2D eigenvalue weighted by atomic mass is 9.86. The number of nitrogens with two attached hydrogens (primary N) is 1. The van der Waals surface area contributed by atoms with E-state index in [1.54, 1.807) is 7.11 Å². The molecule has 4 heteroatoms. The molecule has 0 spiro atoms. The summed E-state index contributed by atoms with van der Waals surface area (Å²) in [6, 6.07) is 8.07. The molecule has 0 bridgehead atoms. The lowest BCUT2D eigenvalue weighted by Gasteiger charge is -2.31. The summed E-state index contributed by atoms with van der Waals surface area (Å²) in [7, 11) is 3.77. The SMILES string of the molecule is COc1cccc(N(C)CCC2CCCC2(N)CO)c1. The van der Waals surface area contributed by atoms with E-state index in [-0.39, 0.29) is 12.1 Å². The fourth-order valence-electron chi connectivity index (χ4n) is 3.14. The van der Waals surface area contributed by atoms with Gasteiger partial charge in [0.1, 0.15) is 5.75 Å². The maximum absolute atomic E-state index is 9.49. The van der Waals surface area contributed by atoms with E-state index in [0.717, 1.165) is 43.7 Å². The molecule has 1 aliphatic rings. The monoisotopic (exact) mass is 278 g/mol. The van der Waals surface area contributed by atoms with Gasteiger partial charge in [-0.3, -0.25) is 0 Å². The first-order valence-corrected chi connectivity index (χ1v) is 7.34. The third-order valence-electron chi connectivity index (χ3n) is 4.61. The number of nitrogens with zero attached hydrogens (tertiary/aromatic N) is 1. The molecule has 1 aromatic rings. The van der Waals surface area contributed by atoms with Crippen molar-refractivity contribution in [1.29, 1.82) is 0 Å². The fraction of sp³-hybridized carbons (Fsp3) is 0.625. The standard InChI is InChI=1S/C16H26N2O2/c1-18(14-6-3-7-15(11-14)20-2)10-8-13-5-4-9-16(13,17)12-19/h3,6-7,11,13,19H,4-5,8-10,12,17H2,1-2H3. The number of methoxy groups -OCH3 is 1. The Morgan fingerprint density at radius 2 is 2.30 bits per heavy atom. The van der Waals surface area contributed by atoms with Gasteiger partial charge in [-0.25, -0.2) is 0 Å². The minimum Gasteiger partial charge on any atom is -0.497 e. The van der Waals surface area contributed by atoms with Crippen LogP contribution < -0.4 is 15.4 Å². The molecule has 2 unspecified atom stereocenters. The van der Waals surface area contributed by atoms with Gasteiger partial charge in [-0.2, -0.15) is 0 Å². The van der Waals surface area contributed by atoms with Crippen molar-refractivity contribution in [2.24, 2.45) is 11.7 Å². The third-order valence-corrected chi connectivity index (χ3v) is 4.61. The Kier molecular flexibility index (Phi) is 4.89. The maximum Gasteiger partial charge on any atom is 0.120 e. The minimum atomic E-state index is -0.366. The summed E-state index contributed by atoms with van der Waals surface area (Å²) < 4.78 is 5.25. The summed E-state index contributed by atoms with van der Waals surface area (Å²) in [5.74, 6) is 1.29. The van der Waals surface area contributed by atoms with Crippen LogP contribution in [0.3, 0.4) is 0 Å². The third kappa shape index (κ3) is 3.25. The summed E-state index contributed by atoms with van der Waals surface area (Å²) in [6.45, 7) is 1.04. The van der Waals surface area contributed by atoms with Crippen LogP contribution in [0.2, 0.25) is 0 Å². The molecular weight excluding hydrogens is 252 g/mol. The van der Waals surface area contributed by atoms with Crippen molar-refractivity contribution in [1.82, 2.24) is 0 Å². The highest BCUT2D eigenvalue weighted by molar-refractivity contribution is 5.50. The highest BCUT2D eigenvalue weighted by atomic mass is 16.5. The normalized spacial score (nSPS) is 25.7. The van der Waals surface area contributed by atoms with Crippen LogP contribution in [0, 0.1) is 5.92 Å². The second kappa shape index (κ2) is 6.46. The number of anilines is 1. The van der Waals surface area contributed by atoms with Crippen molar-refractivity contribution < 1.29 is 9.84 Å². The second-order valence-electron chi connectivity index (χ2n) is 5.89. The Balaban J connectivity index is 1.93. The molecule has 1 aliphatic carbocycles. The first-order chi connectivity index (χ1) is 9.59. The van der Waals surface area contributed by atoms with Gasteiger partial charge in [-0.05, 0) is 37.3 Å². The Labute approximate surface area is 121 Å². The highest BCUT2D eigenvalue weighted by Gasteiger charge is 2.38. The number of ether oxygens (including phenoxy) is 1. The Morgan fingerprint density at radius 3 is 3.00 bits per heavy atom.